The molecule has 2 aromatic carbocycles. The molecule has 2 aromatic rings. The van der Waals surface area contributed by atoms with Crippen molar-refractivity contribution >= 4 is 5.91 Å². The zero-order valence-electron chi connectivity index (χ0n) is 15.5. The highest BCUT2D eigenvalue weighted by atomic mass is 16.1. The average Bonchev–Trinajstić information content (AvgIpc) is 2.50. The minimum atomic E-state index is 0.0354. The molecule has 0 heterocycles. The van der Waals surface area contributed by atoms with Crippen molar-refractivity contribution in [2.24, 2.45) is 0 Å². The highest BCUT2D eigenvalue weighted by Crippen LogP contribution is 2.28. The first-order valence-corrected chi connectivity index (χ1v) is 8.69. The predicted octanol–water partition coefficient (Wildman–Crippen LogP) is 4.72. The monoisotopic (exact) mass is 323 g/mol. The Kier molecular flexibility index (Phi) is 5.82. The first kappa shape index (κ1) is 18.3. The predicted molar refractivity (Wildman–Crippen MR) is 101 cm³/mol. The summed E-state index contributed by atoms with van der Waals surface area (Å²) >= 11 is 0. The van der Waals surface area contributed by atoms with Gasteiger partial charge in [-0.25, -0.2) is 0 Å². The van der Waals surface area contributed by atoms with Crippen LogP contribution in [-0.2, 0) is 16.6 Å². The third-order valence-corrected chi connectivity index (χ3v) is 4.63. The summed E-state index contributed by atoms with van der Waals surface area (Å²) in [6.07, 6.45) is 1.36. The van der Waals surface area contributed by atoms with Gasteiger partial charge in [0.2, 0.25) is 5.91 Å². The molecule has 0 unspecified atom stereocenters. The highest BCUT2D eigenvalue weighted by molar-refractivity contribution is 5.79. The second-order valence-electron chi connectivity index (χ2n) is 7.53. The summed E-state index contributed by atoms with van der Waals surface area (Å²) in [4.78, 5) is 12.4. The lowest BCUT2D eigenvalue weighted by Gasteiger charge is -2.29. The Morgan fingerprint density at radius 2 is 1.75 bits per heavy atom. The third kappa shape index (κ3) is 4.95. The van der Waals surface area contributed by atoms with Crippen LogP contribution in [0, 0.1) is 13.8 Å². The number of hydrogen-bond donors (Lipinski definition) is 1. The maximum atomic E-state index is 12.4. The Bertz CT molecular complexity index is 688. The van der Waals surface area contributed by atoms with Crippen molar-refractivity contribution < 1.29 is 4.79 Å². The van der Waals surface area contributed by atoms with Crippen molar-refractivity contribution in [2.75, 3.05) is 0 Å². The molecule has 0 aliphatic heterocycles. The lowest BCUT2D eigenvalue weighted by Crippen LogP contribution is -2.38. The van der Waals surface area contributed by atoms with Crippen LogP contribution in [-0.4, -0.2) is 11.9 Å². The van der Waals surface area contributed by atoms with Crippen LogP contribution in [0.2, 0.25) is 0 Å². The molecule has 128 valence electrons. The van der Waals surface area contributed by atoms with Crippen LogP contribution in [0.1, 0.15) is 49.4 Å². The van der Waals surface area contributed by atoms with Crippen LogP contribution >= 0.6 is 0 Å². The summed E-state index contributed by atoms with van der Waals surface area (Å²) < 4.78 is 0. The summed E-state index contributed by atoms with van der Waals surface area (Å²) in [6, 6.07) is 16.9. The first-order valence-electron chi connectivity index (χ1n) is 8.69. The minimum absolute atomic E-state index is 0.0354. The Morgan fingerprint density at radius 3 is 2.38 bits per heavy atom. The normalized spacial score (nSPS) is 12.7. The fourth-order valence-corrected chi connectivity index (χ4v) is 3.37. The molecule has 1 N–H and O–H groups in total. The van der Waals surface area contributed by atoms with E-state index in [0.29, 0.717) is 6.42 Å². The molecule has 0 saturated carbocycles. The standard InChI is InChI=1S/C22H29NO/c1-16-11-12-19(17(2)13-16)14-21(24)23-18(3)15-22(4,5)20-9-7-6-8-10-20/h6-13,18H,14-15H2,1-5H3,(H,23,24)/t18-/m1/s1. The van der Waals surface area contributed by atoms with Gasteiger partial charge in [0, 0.05) is 6.04 Å². The molecule has 2 rings (SSSR count). The summed E-state index contributed by atoms with van der Waals surface area (Å²) in [7, 11) is 0. The molecule has 0 bridgehead atoms. The second kappa shape index (κ2) is 7.65. The van der Waals surface area contributed by atoms with E-state index in [1.165, 1.54) is 16.7 Å². The topological polar surface area (TPSA) is 29.1 Å². The van der Waals surface area contributed by atoms with Crippen LogP contribution in [0.3, 0.4) is 0 Å². The number of nitrogens with one attached hydrogen (secondary N) is 1. The lowest BCUT2D eigenvalue weighted by atomic mass is 9.79. The first-order chi connectivity index (χ1) is 11.3. The molecule has 2 heteroatoms. The fourth-order valence-electron chi connectivity index (χ4n) is 3.37. The van der Waals surface area contributed by atoms with Crippen LogP contribution < -0.4 is 5.32 Å². The zero-order valence-corrected chi connectivity index (χ0v) is 15.5. The Hall–Kier alpha value is -2.09. The largest absolute Gasteiger partial charge is 0.353 e. The number of rotatable bonds is 6. The van der Waals surface area contributed by atoms with E-state index in [4.69, 9.17) is 0 Å². The van der Waals surface area contributed by atoms with Gasteiger partial charge < -0.3 is 5.32 Å². The Morgan fingerprint density at radius 1 is 1.08 bits per heavy atom. The van der Waals surface area contributed by atoms with Gasteiger partial charge in [-0.1, -0.05) is 67.9 Å². The quantitative estimate of drug-likeness (QED) is 0.819. The molecule has 2 nitrogen and oxygen atoms in total. The van der Waals surface area contributed by atoms with E-state index in [2.05, 4.69) is 82.4 Å². The molecule has 0 aliphatic carbocycles. The van der Waals surface area contributed by atoms with E-state index in [1.54, 1.807) is 0 Å². The third-order valence-electron chi connectivity index (χ3n) is 4.63. The van der Waals surface area contributed by atoms with Gasteiger partial charge in [0.1, 0.15) is 0 Å². The summed E-state index contributed by atoms with van der Waals surface area (Å²) in [6.45, 7) is 10.7. The van der Waals surface area contributed by atoms with Crippen LogP contribution in [0.25, 0.3) is 0 Å². The summed E-state index contributed by atoms with van der Waals surface area (Å²) in [5.41, 5.74) is 4.86. The molecule has 0 fully saturated rings. The minimum Gasteiger partial charge on any atom is -0.353 e. The lowest BCUT2D eigenvalue weighted by molar-refractivity contribution is -0.121. The number of carbonyl (C=O) groups is 1. The maximum Gasteiger partial charge on any atom is 0.224 e. The molecular weight excluding hydrogens is 294 g/mol. The van der Waals surface area contributed by atoms with E-state index < -0.39 is 0 Å². The van der Waals surface area contributed by atoms with Gasteiger partial charge in [-0.2, -0.15) is 0 Å². The van der Waals surface area contributed by atoms with E-state index >= 15 is 0 Å². The van der Waals surface area contributed by atoms with Crippen molar-refractivity contribution in [2.45, 2.75) is 58.9 Å². The summed E-state index contributed by atoms with van der Waals surface area (Å²) in [5, 5.41) is 3.16. The molecule has 0 saturated heterocycles. The molecule has 24 heavy (non-hydrogen) atoms. The number of aryl methyl sites for hydroxylation is 2. The van der Waals surface area contributed by atoms with Gasteiger partial charge >= 0.3 is 0 Å². The molecule has 0 aromatic heterocycles. The second-order valence-corrected chi connectivity index (χ2v) is 7.53. The maximum absolute atomic E-state index is 12.4. The number of hydrogen-bond acceptors (Lipinski definition) is 1. The van der Waals surface area contributed by atoms with E-state index in [9.17, 15) is 4.79 Å². The van der Waals surface area contributed by atoms with Crippen molar-refractivity contribution in [1.82, 2.24) is 5.32 Å². The van der Waals surface area contributed by atoms with Crippen molar-refractivity contribution in [3.63, 3.8) is 0 Å². The Balaban J connectivity index is 1.94. The molecular formula is C22H29NO. The SMILES string of the molecule is Cc1ccc(CC(=O)N[C@H](C)CC(C)(C)c2ccccc2)c(C)c1. The van der Waals surface area contributed by atoms with Crippen LogP contribution in [0.4, 0.5) is 0 Å². The highest BCUT2D eigenvalue weighted by Gasteiger charge is 2.24. The fraction of sp³-hybridized carbons (Fsp3) is 0.409. The van der Waals surface area contributed by atoms with E-state index in [1.807, 2.05) is 6.07 Å². The number of benzene rings is 2. The Labute approximate surface area is 146 Å². The smallest absolute Gasteiger partial charge is 0.224 e. The van der Waals surface area contributed by atoms with Crippen molar-refractivity contribution in [3.8, 4) is 0 Å². The van der Waals surface area contributed by atoms with Crippen molar-refractivity contribution in [1.29, 1.82) is 0 Å². The van der Waals surface area contributed by atoms with Crippen LogP contribution in [0.15, 0.2) is 48.5 Å². The van der Waals surface area contributed by atoms with E-state index in [-0.39, 0.29) is 17.4 Å². The van der Waals surface area contributed by atoms with Gasteiger partial charge in [0.25, 0.3) is 0 Å². The zero-order chi connectivity index (χ0) is 17.7. The van der Waals surface area contributed by atoms with E-state index in [0.717, 1.165) is 12.0 Å². The molecule has 1 amide bonds. The number of amides is 1. The van der Waals surface area contributed by atoms with Gasteiger partial charge in [0.05, 0.1) is 6.42 Å². The summed E-state index contributed by atoms with van der Waals surface area (Å²) in [5.74, 6) is 0.0957. The van der Waals surface area contributed by atoms with Crippen molar-refractivity contribution in [3.05, 3.63) is 70.8 Å². The van der Waals surface area contributed by atoms with Crippen LogP contribution in [0.5, 0.6) is 0 Å². The molecule has 0 radical (unpaired) electrons. The molecule has 1 atom stereocenters. The van der Waals surface area contributed by atoms with Gasteiger partial charge in [-0.3, -0.25) is 4.79 Å². The number of carbonyl (C=O) groups excluding carboxylic acids is 1. The average molecular weight is 323 g/mol. The van der Waals surface area contributed by atoms with Gasteiger partial charge in [0.15, 0.2) is 0 Å². The van der Waals surface area contributed by atoms with Gasteiger partial charge in [-0.05, 0) is 49.3 Å². The van der Waals surface area contributed by atoms with Gasteiger partial charge in [-0.15, -0.1) is 0 Å². The molecule has 0 aliphatic rings. The molecule has 0 spiro atoms.